The molecule has 28 heavy (non-hydrogen) atoms. The van der Waals surface area contributed by atoms with Crippen LogP contribution in [0, 0.1) is 0 Å². The van der Waals surface area contributed by atoms with Crippen molar-refractivity contribution in [1.29, 1.82) is 0 Å². The van der Waals surface area contributed by atoms with E-state index in [0.29, 0.717) is 35.9 Å². The number of aliphatic carboxylic acids is 1. The molecule has 8 nitrogen and oxygen atoms in total. The van der Waals surface area contributed by atoms with Crippen LogP contribution in [0.1, 0.15) is 47.3 Å². The molecule has 3 N–H and O–H groups in total. The van der Waals surface area contributed by atoms with E-state index in [9.17, 15) is 14.7 Å². The zero-order valence-corrected chi connectivity index (χ0v) is 15.6. The van der Waals surface area contributed by atoms with E-state index in [2.05, 4.69) is 4.98 Å². The van der Waals surface area contributed by atoms with E-state index in [1.807, 2.05) is 12.1 Å². The van der Waals surface area contributed by atoms with Gasteiger partial charge in [0.15, 0.2) is 0 Å². The van der Waals surface area contributed by atoms with Gasteiger partial charge < -0.3 is 20.5 Å². The Morgan fingerprint density at radius 3 is 2.82 bits per heavy atom. The highest BCUT2D eigenvalue weighted by Crippen LogP contribution is 2.32. The van der Waals surface area contributed by atoms with E-state index >= 15 is 0 Å². The summed E-state index contributed by atoms with van der Waals surface area (Å²) in [5.74, 6) is -0.736. The predicted molar refractivity (Wildman–Crippen MR) is 102 cm³/mol. The van der Waals surface area contributed by atoms with Crippen molar-refractivity contribution in [2.75, 3.05) is 18.9 Å². The average Bonchev–Trinajstić information content (AvgIpc) is 3.04. The lowest BCUT2D eigenvalue weighted by Gasteiger charge is -2.22. The second-order valence-electron chi connectivity index (χ2n) is 7.23. The van der Waals surface area contributed by atoms with Crippen LogP contribution in [0.5, 0.6) is 0 Å². The molecule has 8 heteroatoms. The molecule has 1 fully saturated rings. The first kappa shape index (κ1) is 18.4. The maximum Gasteiger partial charge on any atom is 0.326 e. The number of benzene rings is 1. The average molecular weight is 382 g/mol. The summed E-state index contributed by atoms with van der Waals surface area (Å²) in [5.41, 5.74) is 9.49. The number of amides is 1. The standard InChI is InChI=1S/C20H22N4O4/c1-11(20(26)27)24-10-14-3-2-13(8-15(14)19(24)25)17-18(21)22-9-16(23-17)12-4-6-28-7-5-12/h2-3,8-9,11-12H,4-7,10H2,1H3,(H2,21,22)(H,26,27). The first-order chi connectivity index (χ1) is 13.5. The van der Waals surface area contributed by atoms with Gasteiger partial charge in [-0.25, -0.2) is 14.8 Å². The molecule has 1 saturated heterocycles. The normalized spacial score (nSPS) is 18.2. The van der Waals surface area contributed by atoms with Crippen molar-refractivity contribution in [2.24, 2.45) is 0 Å². The van der Waals surface area contributed by atoms with E-state index in [1.165, 1.54) is 11.8 Å². The van der Waals surface area contributed by atoms with E-state index in [-0.39, 0.29) is 18.4 Å². The van der Waals surface area contributed by atoms with Gasteiger partial charge >= 0.3 is 5.97 Å². The number of rotatable bonds is 4. The molecule has 1 aromatic carbocycles. The Morgan fingerprint density at radius 2 is 2.11 bits per heavy atom. The summed E-state index contributed by atoms with van der Waals surface area (Å²) in [7, 11) is 0. The van der Waals surface area contributed by atoms with Crippen LogP contribution >= 0.6 is 0 Å². The van der Waals surface area contributed by atoms with Gasteiger partial charge in [-0.3, -0.25) is 4.79 Å². The molecule has 146 valence electrons. The Labute approximate surface area is 162 Å². The molecule has 2 aliphatic heterocycles. The number of nitrogens with two attached hydrogens (primary N) is 1. The van der Waals surface area contributed by atoms with Crippen LogP contribution in [0.4, 0.5) is 5.82 Å². The third-order valence-electron chi connectivity index (χ3n) is 5.50. The van der Waals surface area contributed by atoms with Crippen molar-refractivity contribution in [1.82, 2.24) is 14.9 Å². The summed E-state index contributed by atoms with van der Waals surface area (Å²) in [6.07, 6.45) is 3.50. The number of carboxylic acids is 1. The smallest absolute Gasteiger partial charge is 0.326 e. The molecule has 2 aromatic rings. The minimum absolute atomic E-state index is 0.281. The van der Waals surface area contributed by atoms with Crippen molar-refractivity contribution < 1.29 is 19.4 Å². The van der Waals surface area contributed by atoms with Gasteiger partial charge in [-0.2, -0.15) is 0 Å². The SMILES string of the molecule is CC(C(=O)O)N1Cc2ccc(-c3nc(C4CCOCC4)cnc3N)cc2C1=O. The van der Waals surface area contributed by atoms with E-state index in [0.717, 1.165) is 24.1 Å². The summed E-state index contributed by atoms with van der Waals surface area (Å²) >= 11 is 0. The number of carbonyl (C=O) groups is 2. The number of nitrogens with zero attached hydrogens (tertiary/aromatic N) is 3. The number of fused-ring (bicyclic) bond motifs is 1. The molecule has 0 saturated carbocycles. The number of carbonyl (C=O) groups excluding carboxylic acids is 1. The molecule has 1 amide bonds. The van der Waals surface area contributed by atoms with Crippen LogP contribution in [-0.4, -0.2) is 51.1 Å². The van der Waals surface area contributed by atoms with Crippen LogP contribution in [0.25, 0.3) is 11.3 Å². The first-order valence-electron chi connectivity index (χ1n) is 9.33. The number of nitrogen functional groups attached to an aromatic ring is 1. The quantitative estimate of drug-likeness (QED) is 0.830. The zero-order chi connectivity index (χ0) is 19.8. The lowest BCUT2D eigenvalue weighted by atomic mass is 9.96. The summed E-state index contributed by atoms with van der Waals surface area (Å²) < 4.78 is 5.41. The number of aromatic nitrogens is 2. The largest absolute Gasteiger partial charge is 0.480 e. The lowest BCUT2D eigenvalue weighted by Crippen LogP contribution is -2.38. The minimum atomic E-state index is -1.03. The molecule has 1 aromatic heterocycles. The third kappa shape index (κ3) is 3.20. The fourth-order valence-electron chi connectivity index (χ4n) is 3.73. The molecule has 0 bridgehead atoms. The fourth-order valence-corrected chi connectivity index (χ4v) is 3.73. The predicted octanol–water partition coefficient (Wildman–Crippen LogP) is 2.05. The van der Waals surface area contributed by atoms with Crippen LogP contribution in [-0.2, 0) is 16.1 Å². The Hall–Kier alpha value is -3.00. The number of ether oxygens (including phenoxy) is 1. The van der Waals surface area contributed by atoms with E-state index in [4.69, 9.17) is 15.5 Å². The van der Waals surface area contributed by atoms with E-state index in [1.54, 1.807) is 12.3 Å². The zero-order valence-electron chi connectivity index (χ0n) is 15.6. The van der Waals surface area contributed by atoms with Gasteiger partial charge in [-0.1, -0.05) is 12.1 Å². The van der Waals surface area contributed by atoms with Crippen LogP contribution < -0.4 is 5.73 Å². The van der Waals surface area contributed by atoms with Gasteiger partial charge in [0.05, 0.1) is 11.9 Å². The van der Waals surface area contributed by atoms with Crippen molar-refractivity contribution in [2.45, 2.75) is 38.3 Å². The van der Waals surface area contributed by atoms with Gasteiger partial charge in [0.1, 0.15) is 17.6 Å². The second kappa shape index (κ2) is 7.20. The topological polar surface area (TPSA) is 119 Å². The van der Waals surface area contributed by atoms with Crippen molar-refractivity contribution in [3.05, 3.63) is 41.2 Å². The lowest BCUT2D eigenvalue weighted by molar-refractivity contribution is -0.141. The monoisotopic (exact) mass is 382 g/mol. The van der Waals surface area contributed by atoms with Crippen LogP contribution in [0.2, 0.25) is 0 Å². The maximum absolute atomic E-state index is 12.7. The fraction of sp³-hybridized carbons (Fsp3) is 0.400. The Kier molecular flexibility index (Phi) is 4.72. The molecular weight excluding hydrogens is 360 g/mol. The molecule has 1 unspecified atom stereocenters. The number of anilines is 1. The summed E-state index contributed by atoms with van der Waals surface area (Å²) in [4.78, 5) is 34.4. The van der Waals surface area contributed by atoms with Crippen LogP contribution in [0.3, 0.4) is 0 Å². The third-order valence-corrected chi connectivity index (χ3v) is 5.50. The molecular formula is C20H22N4O4. The Balaban J connectivity index is 1.67. The van der Waals surface area contributed by atoms with Gasteiger partial charge in [0, 0.05) is 36.8 Å². The summed E-state index contributed by atoms with van der Waals surface area (Å²) in [5, 5.41) is 9.22. The number of carboxylic acid groups (broad SMARTS) is 1. The molecule has 0 spiro atoms. The minimum Gasteiger partial charge on any atom is -0.480 e. The second-order valence-corrected chi connectivity index (χ2v) is 7.23. The van der Waals surface area contributed by atoms with Gasteiger partial charge in [-0.05, 0) is 31.4 Å². The Bertz CT molecular complexity index is 940. The summed E-state index contributed by atoms with van der Waals surface area (Å²) in [6, 6.07) is 4.54. The van der Waals surface area contributed by atoms with Gasteiger partial charge in [-0.15, -0.1) is 0 Å². The van der Waals surface area contributed by atoms with Crippen LogP contribution in [0.15, 0.2) is 24.4 Å². The summed E-state index contributed by atoms with van der Waals surface area (Å²) in [6.45, 7) is 3.20. The van der Waals surface area contributed by atoms with Crippen molar-refractivity contribution in [3.63, 3.8) is 0 Å². The number of hydrogen-bond donors (Lipinski definition) is 2. The highest BCUT2D eigenvalue weighted by Gasteiger charge is 2.34. The maximum atomic E-state index is 12.7. The highest BCUT2D eigenvalue weighted by molar-refractivity contribution is 6.01. The first-order valence-corrected chi connectivity index (χ1v) is 9.33. The highest BCUT2D eigenvalue weighted by atomic mass is 16.5. The van der Waals surface area contributed by atoms with Gasteiger partial charge in [0.25, 0.3) is 5.91 Å². The molecule has 4 rings (SSSR count). The molecule has 0 aliphatic carbocycles. The van der Waals surface area contributed by atoms with Crippen molar-refractivity contribution in [3.8, 4) is 11.3 Å². The Morgan fingerprint density at radius 1 is 1.36 bits per heavy atom. The molecule has 3 heterocycles. The molecule has 1 atom stereocenters. The van der Waals surface area contributed by atoms with Crippen molar-refractivity contribution >= 4 is 17.7 Å². The van der Waals surface area contributed by atoms with E-state index < -0.39 is 12.0 Å². The van der Waals surface area contributed by atoms with Gasteiger partial charge in [0.2, 0.25) is 0 Å². The molecule has 0 radical (unpaired) electrons. The number of hydrogen-bond acceptors (Lipinski definition) is 6. The molecule has 2 aliphatic rings.